The van der Waals surface area contributed by atoms with Gasteiger partial charge in [-0.15, -0.1) is 0 Å². The van der Waals surface area contributed by atoms with Gasteiger partial charge in [0, 0.05) is 24.8 Å². The Hall–Kier alpha value is -2.61. The van der Waals surface area contributed by atoms with Crippen LogP contribution in [0.4, 0.5) is 5.69 Å². The van der Waals surface area contributed by atoms with Gasteiger partial charge in [0.15, 0.2) is 0 Å². The monoisotopic (exact) mass is 268 g/mol. The first kappa shape index (κ1) is 13.8. The Kier molecular flexibility index (Phi) is 4.51. The van der Waals surface area contributed by atoms with Gasteiger partial charge in [-0.25, -0.2) is 0 Å². The van der Waals surface area contributed by atoms with Crippen LogP contribution in [0.3, 0.4) is 0 Å². The van der Waals surface area contributed by atoms with E-state index in [2.05, 4.69) is 10.4 Å². The highest BCUT2D eigenvalue weighted by Crippen LogP contribution is 2.09. The number of hydrogen-bond donors (Lipinski definition) is 1. The van der Waals surface area contributed by atoms with Gasteiger partial charge in [-0.2, -0.15) is 10.4 Å². The van der Waals surface area contributed by atoms with E-state index in [0.717, 1.165) is 18.5 Å². The number of aryl methyl sites for hydroxylation is 2. The normalized spacial score (nSPS) is 10.0. The zero-order chi connectivity index (χ0) is 14.4. The Labute approximate surface area is 117 Å². The van der Waals surface area contributed by atoms with Crippen LogP contribution in [0.5, 0.6) is 0 Å². The average molecular weight is 268 g/mol. The second-order valence-electron chi connectivity index (χ2n) is 4.62. The summed E-state index contributed by atoms with van der Waals surface area (Å²) in [5, 5.41) is 15.7. The van der Waals surface area contributed by atoms with E-state index in [1.54, 1.807) is 30.5 Å². The molecule has 1 N–H and O–H groups in total. The minimum Gasteiger partial charge on any atom is -0.326 e. The van der Waals surface area contributed by atoms with E-state index in [1.807, 2.05) is 23.9 Å². The number of nitrogens with one attached hydrogen (secondary N) is 1. The summed E-state index contributed by atoms with van der Waals surface area (Å²) in [6.45, 7) is 2.72. The third kappa shape index (κ3) is 3.95. The zero-order valence-electron chi connectivity index (χ0n) is 11.3. The fraction of sp³-hybridized carbons (Fsp3) is 0.267. The molecule has 0 bridgehead atoms. The van der Waals surface area contributed by atoms with Crippen LogP contribution in [0, 0.1) is 18.3 Å². The Balaban J connectivity index is 1.76. The maximum atomic E-state index is 11.8. The molecule has 102 valence electrons. The fourth-order valence-corrected chi connectivity index (χ4v) is 1.84. The van der Waals surface area contributed by atoms with Gasteiger partial charge in [-0.05, 0) is 43.2 Å². The van der Waals surface area contributed by atoms with Crippen LogP contribution in [0.15, 0.2) is 36.7 Å². The Morgan fingerprint density at radius 3 is 2.75 bits per heavy atom. The summed E-state index contributed by atoms with van der Waals surface area (Å²) in [6, 6.07) is 8.86. The molecule has 1 aromatic heterocycles. The molecule has 0 aliphatic rings. The molecule has 0 saturated heterocycles. The number of benzene rings is 1. The van der Waals surface area contributed by atoms with Gasteiger partial charge in [0.1, 0.15) is 0 Å². The second-order valence-corrected chi connectivity index (χ2v) is 4.62. The third-order valence-corrected chi connectivity index (χ3v) is 2.85. The predicted molar refractivity (Wildman–Crippen MR) is 76.0 cm³/mol. The lowest BCUT2D eigenvalue weighted by Gasteiger charge is -2.05. The number of aromatic nitrogens is 2. The number of nitriles is 1. The highest BCUT2D eigenvalue weighted by molar-refractivity contribution is 5.90. The minimum atomic E-state index is -0.0291. The maximum absolute atomic E-state index is 11.8. The first-order valence-electron chi connectivity index (χ1n) is 6.46. The molecule has 0 saturated carbocycles. The number of hydrogen-bond acceptors (Lipinski definition) is 3. The summed E-state index contributed by atoms with van der Waals surface area (Å²) in [7, 11) is 0. The van der Waals surface area contributed by atoms with E-state index >= 15 is 0 Å². The highest BCUT2D eigenvalue weighted by Gasteiger charge is 2.03. The van der Waals surface area contributed by atoms with Crippen molar-refractivity contribution < 1.29 is 4.79 Å². The van der Waals surface area contributed by atoms with Crippen LogP contribution in [0.1, 0.15) is 24.0 Å². The van der Waals surface area contributed by atoms with Crippen molar-refractivity contribution >= 4 is 11.6 Å². The number of amides is 1. The van der Waals surface area contributed by atoms with E-state index in [9.17, 15) is 4.79 Å². The standard InChI is InChI=1S/C15H16N4O/c1-12-10-17-19(11-12)8-2-3-15(20)18-14-6-4-13(9-16)5-7-14/h4-7,10-11H,2-3,8H2,1H3,(H,18,20). The third-order valence-electron chi connectivity index (χ3n) is 2.85. The molecule has 0 unspecified atom stereocenters. The smallest absolute Gasteiger partial charge is 0.224 e. The second kappa shape index (κ2) is 6.53. The molecule has 0 aliphatic heterocycles. The summed E-state index contributed by atoms with van der Waals surface area (Å²) >= 11 is 0. The predicted octanol–water partition coefficient (Wildman–Crippen LogP) is 2.48. The zero-order valence-corrected chi connectivity index (χ0v) is 11.3. The molecule has 2 aromatic rings. The number of anilines is 1. The maximum Gasteiger partial charge on any atom is 0.224 e. The lowest BCUT2D eigenvalue weighted by atomic mass is 10.2. The highest BCUT2D eigenvalue weighted by atomic mass is 16.1. The van der Waals surface area contributed by atoms with Crippen LogP contribution in [-0.2, 0) is 11.3 Å². The van der Waals surface area contributed by atoms with Gasteiger partial charge in [-0.1, -0.05) is 0 Å². The Morgan fingerprint density at radius 1 is 1.40 bits per heavy atom. The van der Waals surface area contributed by atoms with Crippen molar-refractivity contribution in [3.63, 3.8) is 0 Å². The van der Waals surface area contributed by atoms with Crippen molar-refractivity contribution in [2.24, 2.45) is 0 Å². The molecule has 0 spiro atoms. The Morgan fingerprint density at radius 2 is 2.15 bits per heavy atom. The van der Waals surface area contributed by atoms with Crippen LogP contribution in [0.2, 0.25) is 0 Å². The molecule has 0 aliphatic carbocycles. The molecule has 0 fully saturated rings. The van der Waals surface area contributed by atoms with Gasteiger partial charge in [0.05, 0.1) is 17.8 Å². The van der Waals surface area contributed by atoms with Crippen molar-refractivity contribution in [1.29, 1.82) is 5.26 Å². The number of nitrogens with zero attached hydrogens (tertiary/aromatic N) is 3. The molecule has 2 rings (SSSR count). The van der Waals surface area contributed by atoms with Crippen molar-refractivity contribution in [2.45, 2.75) is 26.3 Å². The van der Waals surface area contributed by atoms with Gasteiger partial charge >= 0.3 is 0 Å². The quantitative estimate of drug-likeness (QED) is 0.905. The fourth-order valence-electron chi connectivity index (χ4n) is 1.84. The molecular formula is C15H16N4O. The van der Waals surface area contributed by atoms with Crippen LogP contribution < -0.4 is 5.32 Å². The van der Waals surface area contributed by atoms with Crippen molar-refractivity contribution in [3.05, 3.63) is 47.8 Å². The van der Waals surface area contributed by atoms with E-state index < -0.39 is 0 Å². The molecule has 5 nitrogen and oxygen atoms in total. The summed E-state index contributed by atoms with van der Waals surface area (Å²) in [5.74, 6) is -0.0291. The van der Waals surface area contributed by atoms with Crippen LogP contribution in [-0.4, -0.2) is 15.7 Å². The number of carbonyl (C=O) groups is 1. The van der Waals surface area contributed by atoms with Crippen molar-refractivity contribution in [1.82, 2.24) is 9.78 Å². The first-order valence-corrected chi connectivity index (χ1v) is 6.46. The average Bonchev–Trinajstić information content (AvgIpc) is 2.85. The SMILES string of the molecule is Cc1cnn(CCCC(=O)Nc2ccc(C#N)cc2)c1. The molecule has 1 heterocycles. The minimum absolute atomic E-state index is 0.0291. The van der Waals surface area contributed by atoms with Gasteiger partial charge in [-0.3, -0.25) is 9.48 Å². The first-order chi connectivity index (χ1) is 9.67. The molecule has 1 amide bonds. The summed E-state index contributed by atoms with van der Waals surface area (Å²) < 4.78 is 1.84. The lowest BCUT2D eigenvalue weighted by molar-refractivity contribution is -0.116. The molecular weight excluding hydrogens is 252 g/mol. The number of carbonyl (C=O) groups excluding carboxylic acids is 1. The molecule has 1 aromatic carbocycles. The van der Waals surface area contributed by atoms with E-state index in [4.69, 9.17) is 5.26 Å². The van der Waals surface area contributed by atoms with E-state index in [1.165, 1.54) is 0 Å². The van der Waals surface area contributed by atoms with Gasteiger partial charge in [0.2, 0.25) is 5.91 Å². The van der Waals surface area contributed by atoms with Crippen molar-refractivity contribution in [3.8, 4) is 6.07 Å². The van der Waals surface area contributed by atoms with E-state index in [0.29, 0.717) is 17.7 Å². The van der Waals surface area contributed by atoms with Gasteiger partial charge < -0.3 is 5.32 Å². The van der Waals surface area contributed by atoms with Crippen LogP contribution in [0.25, 0.3) is 0 Å². The molecule has 0 atom stereocenters. The molecule has 20 heavy (non-hydrogen) atoms. The van der Waals surface area contributed by atoms with Crippen LogP contribution >= 0.6 is 0 Å². The van der Waals surface area contributed by atoms with Crippen molar-refractivity contribution in [2.75, 3.05) is 5.32 Å². The summed E-state index contributed by atoms with van der Waals surface area (Å²) in [4.78, 5) is 11.8. The van der Waals surface area contributed by atoms with E-state index in [-0.39, 0.29) is 5.91 Å². The number of rotatable bonds is 5. The summed E-state index contributed by atoms with van der Waals surface area (Å²) in [5.41, 5.74) is 2.41. The van der Waals surface area contributed by atoms with Gasteiger partial charge in [0.25, 0.3) is 0 Å². The summed E-state index contributed by atoms with van der Waals surface area (Å²) in [6.07, 6.45) is 4.94. The largest absolute Gasteiger partial charge is 0.326 e. The molecule has 5 heteroatoms. The molecule has 0 radical (unpaired) electrons. The Bertz CT molecular complexity index is 622. The topological polar surface area (TPSA) is 70.7 Å². The lowest BCUT2D eigenvalue weighted by Crippen LogP contribution is -2.12.